The van der Waals surface area contributed by atoms with Crippen LogP contribution in [0.25, 0.3) is 0 Å². The molecule has 0 aromatic rings. The number of aliphatic hydroxyl groups is 2. The van der Waals surface area contributed by atoms with Gasteiger partial charge in [0.15, 0.2) is 0 Å². The fourth-order valence-electron chi connectivity index (χ4n) is 0.288. The van der Waals surface area contributed by atoms with Gasteiger partial charge in [-0.25, -0.2) is 0 Å². The van der Waals surface area contributed by atoms with E-state index in [9.17, 15) is 0 Å². The summed E-state index contributed by atoms with van der Waals surface area (Å²) in [5, 5.41) is 17.8. The third-order valence-electron chi connectivity index (χ3n) is 0.947. The van der Waals surface area contributed by atoms with Gasteiger partial charge in [0.25, 0.3) is 0 Å². The molecule has 0 spiro atoms. The molecule has 0 radical (unpaired) electrons. The zero-order chi connectivity index (χ0) is 6.78. The lowest BCUT2D eigenvalue weighted by atomic mass is 10.0. The fraction of sp³-hybridized carbons (Fsp3) is 0.667. The topological polar surface area (TPSA) is 40.5 Å². The SMILES string of the molecule is C=C[C@H](O)C(C)(C)O. The first kappa shape index (κ1) is 7.66. The van der Waals surface area contributed by atoms with E-state index in [0.717, 1.165) is 0 Å². The molecule has 0 aliphatic carbocycles. The minimum absolute atomic E-state index is 0.831. The maximum Gasteiger partial charge on any atom is 0.0999 e. The molecular formula is C6H12O2. The molecule has 2 nitrogen and oxygen atoms in total. The van der Waals surface area contributed by atoms with Crippen LogP contribution in [0.4, 0.5) is 0 Å². The summed E-state index contributed by atoms with van der Waals surface area (Å²) >= 11 is 0. The van der Waals surface area contributed by atoms with Crippen LogP contribution in [-0.2, 0) is 0 Å². The third-order valence-corrected chi connectivity index (χ3v) is 0.947. The highest BCUT2D eigenvalue weighted by Crippen LogP contribution is 2.07. The number of hydrogen-bond donors (Lipinski definition) is 2. The van der Waals surface area contributed by atoms with Crippen LogP contribution in [0.3, 0.4) is 0 Å². The molecule has 8 heavy (non-hydrogen) atoms. The number of hydrogen-bond acceptors (Lipinski definition) is 2. The van der Waals surface area contributed by atoms with Gasteiger partial charge in [-0.3, -0.25) is 0 Å². The third kappa shape index (κ3) is 2.09. The summed E-state index contributed by atoms with van der Waals surface area (Å²) in [6.07, 6.45) is 0.475. The lowest BCUT2D eigenvalue weighted by Gasteiger charge is -2.20. The Bertz CT molecular complexity index is 81.0. The van der Waals surface area contributed by atoms with Crippen LogP contribution in [0.5, 0.6) is 0 Å². The van der Waals surface area contributed by atoms with Gasteiger partial charge >= 0.3 is 0 Å². The lowest BCUT2D eigenvalue weighted by Crippen LogP contribution is -2.33. The predicted octanol–water partition coefficient (Wildman–Crippen LogP) is 0.304. The van der Waals surface area contributed by atoms with Crippen molar-refractivity contribution >= 4 is 0 Å². The van der Waals surface area contributed by atoms with Gasteiger partial charge in [0.05, 0.1) is 11.7 Å². The predicted molar refractivity (Wildman–Crippen MR) is 32.5 cm³/mol. The van der Waals surface area contributed by atoms with Gasteiger partial charge in [0, 0.05) is 0 Å². The first-order valence-electron chi connectivity index (χ1n) is 2.51. The average molecular weight is 116 g/mol. The van der Waals surface area contributed by atoms with Crippen molar-refractivity contribution in [2.45, 2.75) is 25.6 Å². The molecule has 0 bridgehead atoms. The molecule has 0 amide bonds. The molecule has 0 saturated heterocycles. The molecule has 0 rings (SSSR count). The fourth-order valence-corrected chi connectivity index (χ4v) is 0.288. The molecule has 0 fully saturated rings. The van der Waals surface area contributed by atoms with Crippen LogP contribution >= 0.6 is 0 Å². The van der Waals surface area contributed by atoms with E-state index in [1.165, 1.54) is 19.9 Å². The van der Waals surface area contributed by atoms with E-state index in [1.54, 1.807) is 0 Å². The van der Waals surface area contributed by atoms with Crippen molar-refractivity contribution in [1.29, 1.82) is 0 Å². The van der Waals surface area contributed by atoms with E-state index in [2.05, 4.69) is 6.58 Å². The maximum absolute atomic E-state index is 8.96. The van der Waals surface area contributed by atoms with Crippen LogP contribution in [0.15, 0.2) is 12.7 Å². The van der Waals surface area contributed by atoms with Gasteiger partial charge in [-0.1, -0.05) is 6.08 Å². The Morgan fingerprint density at radius 3 is 2.00 bits per heavy atom. The molecule has 0 aromatic carbocycles. The lowest BCUT2D eigenvalue weighted by molar-refractivity contribution is -0.0224. The Morgan fingerprint density at radius 1 is 1.62 bits per heavy atom. The first-order valence-corrected chi connectivity index (χ1v) is 2.51. The smallest absolute Gasteiger partial charge is 0.0999 e. The quantitative estimate of drug-likeness (QED) is 0.509. The zero-order valence-corrected chi connectivity index (χ0v) is 5.26. The molecule has 0 saturated carbocycles. The van der Waals surface area contributed by atoms with Crippen molar-refractivity contribution in [3.63, 3.8) is 0 Å². The molecule has 2 N–H and O–H groups in total. The standard InChI is InChI=1S/C6H12O2/c1-4-5(7)6(2,3)8/h4-5,7-8H,1H2,2-3H3/t5-/m0/s1. The summed E-state index contributed by atoms with van der Waals surface area (Å²) in [5.41, 5.74) is -1.05. The van der Waals surface area contributed by atoms with Crippen LogP contribution in [0.2, 0.25) is 0 Å². The van der Waals surface area contributed by atoms with Gasteiger partial charge in [-0.05, 0) is 13.8 Å². The second-order valence-corrected chi connectivity index (χ2v) is 2.33. The van der Waals surface area contributed by atoms with E-state index in [4.69, 9.17) is 10.2 Å². The van der Waals surface area contributed by atoms with Gasteiger partial charge in [0.1, 0.15) is 0 Å². The molecule has 2 heteroatoms. The van der Waals surface area contributed by atoms with E-state index in [0.29, 0.717) is 0 Å². The normalized spacial score (nSPS) is 15.5. The van der Waals surface area contributed by atoms with Crippen molar-refractivity contribution in [3.8, 4) is 0 Å². The molecule has 0 heterocycles. The van der Waals surface area contributed by atoms with Gasteiger partial charge < -0.3 is 10.2 Å². The van der Waals surface area contributed by atoms with Crippen molar-refractivity contribution in [2.24, 2.45) is 0 Å². The Hall–Kier alpha value is -0.340. The summed E-state index contributed by atoms with van der Waals surface area (Å²) in [6.45, 7) is 6.37. The highest BCUT2D eigenvalue weighted by atomic mass is 16.3. The van der Waals surface area contributed by atoms with Crippen LogP contribution < -0.4 is 0 Å². The summed E-state index contributed by atoms with van der Waals surface area (Å²) in [4.78, 5) is 0. The van der Waals surface area contributed by atoms with E-state index < -0.39 is 11.7 Å². The molecule has 0 aliphatic heterocycles. The van der Waals surface area contributed by atoms with E-state index in [1.807, 2.05) is 0 Å². The highest BCUT2D eigenvalue weighted by Gasteiger charge is 2.20. The van der Waals surface area contributed by atoms with Crippen LogP contribution in [-0.4, -0.2) is 21.9 Å². The monoisotopic (exact) mass is 116 g/mol. The van der Waals surface area contributed by atoms with Crippen LogP contribution in [0, 0.1) is 0 Å². The maximum atomic E-state index is 8.96. The summed E-state index contributed by atoms with van der Waals surface area (Å²) in [7, 11) is 0. The van der Waals surface area contributed by atoms with Crippen molar-refractivity contribution in [3.05, 3.63) is 12.7 Å². The summed E-state index contributed by atoms with van der Waals surface area (Å²) < 4.78 is 0. The van der Waals surface area contributed by atoms with Crippen molar-refractivity contribution in [2.75, 3.05) is 0 Å². The second-order valence-electron chi connectivity index (χ2n) is 2.33. The Kier molecular flexibility index (Phi) is 2.19. The van der Waals surface area contributed by atoms with Gasteiger partial charge in [-0.2, -0.15) is 0 Å². The average Bonchev–Trinajstić information content (AvgIpc) is 1.62. The summed E-state index contributed by atoms with van der Waals surface area (Å²) in [6, 6.07) is 0. The molecular weight excluding hydrogens is 104 g/mol. The van der Waals surface area contributed by atoms with Gasteiger partial charge in [-0.15, -0.1) is 6.58 Å². The Morgan fingerprint density at radius 2 is 2.00 bits per heavy atom. The molecule has 0 aliphatic rings. The molecule has 1 atom stereocenters. The molecule has 48 valence electrons. The summed E-state index contributed by atoms with van der Waals surface area (Å²) in [5.74, 6) is 0. The van der Waals surface area contributed by atoms with Crippen molar-refractivity contribution < 1.29 is 10.2 Å². The van der Waals surface area contributed by atoms with Crippen molar-refractivity contribution in [1.82, 2.24) is 0 Å². The highest BCUT2D eigenvalue weighted by molar-refractivity contribution is 4.89. The number of rotatable bonds is 2. The molecule has 0 unspecified atom stereocenters. The Labute approximate surface area is 49.5 Å². The first-order chi connectivity index (χ1) is 3.48. The molecule has 0 aromatic heterocycles. The minimum atomic E-state index is -1.05. The largest absolute Gasteiger partial charge is 0.387 e. The van der Waals surface area contributed by atoms with Gasteiger partial charge in [0.2, 0.25) is 0 Å². The minimum Gasteiger partial charge on any atom is -0.387 e. The zero-order valence-electron chi connectivity index (χ0n) is 5.26. The van der Waals surface area contributed by atoms with E-state index >= 15 is 0 Å². The Balaban J connectivity index is 3.80. The second kappa shape index (κ2) is 2.29. The van der Waals surface area contributed by atoms with Crippen LogP contribution in [0.1, 0.15) is 13.8 Å². The van der Waals surface area contributed by atoms with E-state index in [-0.39, 0.29) is 0 Å². The number of aliphatic hydroxyl groups excluding tert-OH is 1.